The molecular formula is C15H19N5S. The van der Waals surface area contributed by atoms with E-state index in [2.05, 4.69) is 49.5 Å². The van der Waals surface area contributed by atoms with E-state index in [1.54, 1.807) is 11.3 Å². The fraction of sp³-hybridized carbons (Fsp3) is 0.333. The van der Waals surface area contributed by atoms with E-state index in [0.29, 0.717) is 5.92 Å². The minimum Gasteiger partial charge on any atom is -0.337 e. The molecule has 0 amide bonds. The Kier molecular flexibility index (Phi) is 4.47. The highest BCUT2D eigenvalue weighted by atomic mass is 32.1. The molecule has 21 heavy (non-hydrogen) atoms. The quantitative estimate of drug-likeness (QED) is 0.705. The van der Waals surface area contributed by atoms with Crippen molar-refractivity contribution in [1.82, 2.24) is 25.1 Å². The second kappa shape index (κ2) is 6.69. The maximum Gasteiger partial charge on any atom is 0.0946 e. The minimum absolute atomic E-state index is 0.552. The molecule has 1 atom stereocenters. The first kappa shape index (κ1) is 14.0. The van der Waals surface area contributed by atoms with Crippen LogP contribution in [0.3, 0.4) is 0 Å². The van der Waals surface area contributed by atoms with Crippen LogP contribution < -0.4 is 5.32 Å². The van der Waals surface area contributed by atoms with Crippen molar-refractivity contribution in [2.24, 2.45) is 5.92 Å². The Morgan fingerprint density at radius 3 is 3.19 bits per heavy atom. The topological polar surface area (TPSA) is 58.5 Å². The van der Waals surface area contributed by atoms with Crippen LogP contribution in [0, 0.1) is 5.92 Å². The third kappa shape index (κ3) is 3.59. The van der Waals surface area contributed by atoms with Gasteiger partial charge in [0.1, 0.15) is 0 Å². The van der Waals surface area contributed by atoms with Gasteiger partial charge in [-0.25, -0.2) is 4.98 Å². The van der Waals surface area contributed by atoms with Crippen LogP contribution in [-0.4, -0.2) is 26.3 Å². The van der Waals surface area contributed by atoms with Gasteiger partial charge in [-0.05, 0) is 23.9 Å². The van der Waals surface area contributed by atoms with Gasteiger partial charge in [-0.2, -0.15) is 5.10 Å². The number of aromatic nitrogens is 4. The van der Waals surface area contributed by atoms with Crippen molar-refractivity contribution < 1.29 is 0 Å². The van der Waals surface area contributed by atoms with Crippen LogP contribution in [0.1, 0.15) is 12.5 Å². The minimum atomic E-state index is 0.552. The fourth-order valence-electron chi connectivity index (χ4n) is 2.35. The lowest BCUT2D eigenvalue weighted by Gasteiger charge is -2.13. The van der Waals surface area contributed by atoms with Gasteiger partial charge in [0.25, 0.3) is 0 Å². The Morgan fingerprint density at radius 2 is 2.43 bits per heavy atom. The first-order valence-corrected chi connectivity index (χ1v) is 7.93. The molecule has 5 nitrogen and oxygen atoms in total. The molecule has 1 unspecified atom stereocenters. The molecule has 0 saturated heterocycles. The zero-order valence-electron chi connectivity index (χ0n) is 12.0. The van der Waals surface area contributed by atoms with Gasteiger partial charge in [0.15, 0.2) is 0 Å². The number of rotatable bonds is 7. The van der Waals surface area contributed by atoms with Crippen molar-refractivity contribution in [3.8, 4) is 10.6 Å². The lowest BCUT2D eigenvalue weighted by atomic mass is 10.1. The number of nitrogens with zero attached hydrogens (tertiary/aromatic N) is 3. The summed E-state index contributed by atoms with van der Waals surface area (Å²) >= 11 is 1.73. The number of H-pyrrole nitrogens is 1. The van der Waals surface area contributed by atoms with Crippen LogP contribution in [-0.2, 0) is 13.1 Å². The average molecular weight is 301 g/mol. The van der Waals surface area contributed by atoms with Gasteiger partial charge in [0, 0.05) is 31.0 Å². The van der Waals surface area contributed by atoms with Crippen molar-refractivity contribution in [3.05, 3.63) is 48.0 Å². The van der Waals surface area contributed by atoms with E-state index in [9.17, 15) is 0 Å². The van der Waals surface area contributed by atoms with E-state index in [0.717, 1.165) is 25.3 Å². The molecule has 0 radical (unpaired) electrons. The molecule has 0 spiro atoms. The molecule has 3 aromatic rings. The lowest BCUT2D eigenvalue weighted by Crippen LogP contribution is -2.23. The zero-order chi connectivity index (χ0) is 14.5. The first-order valence-electron chi connectivity index (χ1n) is 7.05. The number of hydrogen-bond donors (Lipinski definition) is 2. The molecule has 0 bridgehead atoms. The molecule has 0 saturated carbocycles. The monoisotopic (exact) mass is 301 g/mol. The molecule has 3 heterocycles. The standard InChI is InChI=1S/C15H19N5S/c1-12(10-20-5-4-16-11-20)7-17-8-13-9-18-19-15(13)14-3-2-6-21-14/h2-6,9,11-12,17H,7-8,10H2,1H3,(H,18,19). The number of nitrogens with one attached hydrogen (secondary N) is 2. The molecule has 0 aromatic carbocycles. The molecule has 2 N–H and O–H groups in total. The highest BCUT2D eigenvalue weighted by Crippen LogP contribution is 2.25. The van der Waals surface area contributed by atoms with Crippen LogP contribution in [0.2, 0.25) is 0 Å². The second-order valence-electron chi connectivity index (χ2n) is 5.24. The lowest BCUT2D eigenvalue weighted by molar-refractivity contribution is 0.445. The predicted molar refractivity (Wildman–Crippen MR) is 85.0 cm³/mol. The predicted octanol–water partition coefficient (Wildman–Crippen LogP) is 2.76. The van der Waals surface area contributed by atoms with Gasteiger partial charge < -0.3 is 9.88 Å². The summed E-state index contributed by atoms with van der Waals surface area (Å²) in [6, 6.07) is 4.18. The van der Waals surface area contributed by atoms with Gasteiger partial charge in [-0.1, -0.05) is 13.0 Å². The van der Waals surface area contributed by atoms with Gasteiger partial charge in [-0.3, -0.25) is 5.10 Å². The van der Waals surface area contributed by atoms with Gasteiger partial charge in [0.05, 0.1) is 23.1 Å². The van der Waals surface area contributed by atoms with E-state index >= 15 is 0 Å². The largest absolute Gasteiger partial charge is 0.337 e. The highest BCUT2D eigenvalue weighted by Gasteiger charge is 2.09. The zero-order valence-corrected chi connectivity index (χ0v) is 12.8. The van der Waals surface area contributed by atoms with Crippen molar-refractivity contribution in [1.29, 1.82) is 0 Å². The Balaban J connectivity index is 1.51. The molecule has 0 aliphatic carbocycles. The van der Waals surface area contributed by atoms with Crippen LogP contribution >= 0.6 is 11.3 Å². The van der Waals surface area contributed by atoms with Crippen molar-refractivity contribution in [2.75, 3.05) is 6.54 Å². The van der Waals surface area contributed by atoms with E-state index < -0.39 is 0 Å². The SMILES string of the molecule is CC(CNCc1cn[nH]c1-c1cccs1)Cn1ccnc1. The van der Waals surface area contributed by atoms with Crippen LogP contribution in [0.4, 0.5) is 0 Å². The van der Waals surface area contributed by atoms with Crippen molar-refractivity contribution in [2.45, 2.75) is 20.0 Å². The Morgan fingerprint density at radius 1 is 1.48 bits per heavy atom. The first-order chi connectivity index (χ1) is 10.3. The Bertz CT molecular complexity index is 641. The number of imidazole rings is 1. The van der Waals surface area contributed by atoms with E-state index in [1.165, 1.54) is 10.4 Å². The third-order valence-corrected chi connectivity index (χ3v) is 4.26. The van der Waals surface area contributed by atoms with Gasteiger partial charge in [-0.15, -0.1) is 11.3 Å². The Hall–Kier alpha value is -1.92. The molecule has 3 rings (SSSR count). The van der Waals surface area contributed by atoms with Gasteiger partial charge >= 0.3 is 0 Å². The summed E-state index contributed by atoms with van der Waals surface area (Å²) in [5.41, 5.74) is 2.34. The summed E-state index contributed by atoms with van der Waals surface area (Å²) in [5.74, 6) is 0.552. The molecule has 110 valence electrons. The number of hydrogen-bond acceptors (Lipinski definition) is 4. The molecule has 6 heteroatoms. The van der Waals surface area contributed by atoms with Crippen molar-refractivity contribution in [3.63, 3.8) is 0 Å². The normalized spacial score (nSPS) is 12.6. The number of aromatic amines is 1. The summed E-state index contributed by atoms with van der Waals surface area (Å²) in [6.07, 6.45) is 7.59. The summed E-state index contributed by atoms with van der Waals surface area (Å²) in [5, 5.41) is 12.9. The van der Waals surface area contributed by atoms with Crippen molar-refractivity contribution >= 4 is 11.3 Å². The highest BCUT2D eigenvalue weighted by molar-refractivity contribution is 7.13. The smallest absolute Gasteiger partial charge is 0.0946 e. The molecule has 3 aromatic heterocycles. The average Bonchev–Trinajstić information content (AvgIpc) is 3.20. The maximum atomic E-state index is 4.17. The van der Waals surface area contributed by atoms with E-state index in [-0.39, 0.29) is 0 Å². The van der Waals surface area contributed by atoms with E-state index in [4.69, 9.17) is 0 Å². The van der Waals surface area contributed by atoms with Crippen LogP contribution in [0.5, 0.6) is 0 Å². The summed E-state index contributed by atoms with van der Waals surface area (Å²) in [6.45, 7) is 5.02. The summed E-state index contributed by atoms with van der Waals surface area (Å²) in [4.78, 5) is 5.30. The molecule has 0 fully saturated rings. The van der Waals surface area contributed by atoms with Crippen LogP contribution in [0.25, 0.3) is 10.6 Å². The molecular weight excluding hydrogens is 282 g/mol. The Labute approximate surface area is 128 Å². The van der Waals surface area contributed by atoms with Gasteiger partial charge in [0.2, 0.25) is 0 Å². The second-order valence-corrected chi connectivity index (χ2v) is 6.19. The number of thiophene rings is 1. The summed E-state index contributed by atoms with van der Waals surface area (Å²) < 4.78 is 2.11. The van der Waals surface area contributed by atoms with E-state index in [1.807, 2.05) is 24.9 Å². The molecule has 0 aliphatic heterocycles. The van der Waals surface area contributed by atoms with Crippen LogP contribution in [0.15, 0.2) is 42.4 Å². The fourth-order valence-corrected chi connectivity index (χ4v) is 3.11. The maximum absolute atomic E-state index is 4.17. The summed E-state index contributed by atoms with van der Waals surface area (Å²) in [7, 11) is 0. The molecule has 0 aliphatic rings. The third-order valence-electron chi connectivity index (χ3n) is 3.38.